The van der Waals surface area contributed by atoms with E-state index in [0.717, 1.165) is 18.8 Å². The van der Waals surface area contributed by atoms with Gasteiger partial charge >= 0.3 is 7.12 Å². The Morgan fingerprint density at radius 3 is 2.38 bits per heavy atom. The molecule has 1 aromatic rings. The smallest absolute Gasteiger partial charge is 0.491 e. The van der Waals surface area contributed by atoms with E-state index >= 15 is 0 Å². The third-order valence-corrected chi connectivity index (χ3v) is 3.24. The molecule has 118 valence electrons. The van der Waals surface area contributed by atoms with Gasteiger partial charge in [-0.25, -0.2) is 0 Å². The molecule has 2 N–H and O–H groups in total. The molecule has 0 atom stereocenters. The summed E-state index contributed by atoms with van der Waals surface area (Å²) >= 11 is 0. The molecule has 0 saturated heterocycles. The predicted molar refractivity (Wildman–Crippen MR) is 85.9 cm³/mol. The van der Waals surface area contributed by atoms with Gasteiger partial charge in [-0.15, -0.1) is 0 Å². The number of hydrogen-bond acceptors (Lipinski definition) is 4. The highest BCUT2D eigenvalue weighted by Gasteiger charge is 2.23. The van der Waals surface area contributed by atoms with Crippen molar-refractivity contribution in [3.63, 3.8) is 0 Å². The van der Waals surface area contributed by atoms with Crippen LogP contribution >= 0.6 is 0 Å². The van der Waals surface area contributed by atoms with E-state index in [0.29, 0.717) is 12.1 Å². The minimum atomic E-state index is -0.982. The van der Waals surface area contributed by atoms with Crippen molar-refractivity contribution in [3.05, 3.63) is 24.3 Å². The first-order valence-corrected chi connectivity index (χ1v) is 7.62. The van der Waals surface area contributed by atoms with Crippen LogP contribution in [0.1, 0.15) is 40.0 Å². The van der Waals surface area contributed by atoms with Crippen molar-refractivity contribution in [2.45, 2.75) is 40.0 Å². The van der Waals surface area contributed by atoms with Gasteiger partial charge in [0.1, 0.15) is 5.75 Å². The van der Waals surface area contributed by atoms with Crippen LogP contribution in [0.2, 0.25) is 0 Å². The number of unbranched alkanes of at least 4 members (excludes halogenated alkanes) is 2. The quantitative estimate of drug-likeness (QED) is 0.512. The average molecular weight is 294 g/mol. The first-order valence-electron chi connectivity index (χ1n) is 7.62. The van der Waals surface area contributed by atoms with Crippen LogP contribution in [-0.2, 0) is 4.65 Å². The molecule has 21 heavy (non-hydrogen) atoms. The highest BCUT2D eigenvalue weighted by molar-refractivity contribution is 6.59. The molecule has 0 amide bonds. The molecule has 0 radical (unpaired) electrons. The zero-order valence-corrected chi connectivity index (χ0v) is 13.3. The predicted octanol–water partition coefficient (Wildman–Crippen LogP) is 1.98. The summed E-state index contributed by atoms with van der Waals surface area (Å²) in [4.78, 5) is 0. The van der Waals surface area contributed by atoms with Crippen molar-refractivity contribution < 1.29 is 19.5 Å². The largest absolute Gasteiger partial charge is 0.494 e. The molecular weight excluding hydrogens is 267 g/mol. The van der Waals surface area contributed by atoms with Crippen LogP contribution < -0.4 is 10.2 Å². The van der Waals surface area contributed by atoms with Crippen LogP contribution in [0.5, 0.6) is 5.75 Å². The second-order valence-corrected chi connectivity index (χ2v) is 6.11. The average Bonchev–Trinajstić information content (AvgIpc) is 2.50. The van der Waals surface area contributed by atoms with Gasteiger partial charge in [0.2, 0.25) is 0 Å². The van der Waals surface area contributed by atoms with Gasteiger partial charge in [-0.05, 0) is 24.0 Å². The summed E-state index contributed by atoms with van der Waals surface area (Å²) in [6.07, 6.45) is 3.40. The van der Waals surface area contributed by atoms with Gasteiger partial charge in [-0.3, -0.25) is 0 Å². The normalized spacial score (nSPS) is 11.5. The van der Waals surface area contributed by atoms with Crippen LogP contribution in [0.4, 0.5) is 0 Å². The van der Waals surface area contributed by atoms with Gasteiger partial charge in [0, 0.05) is 12.0 Å². The summed E-state index contributed by atoms with van der Waals surface area (Å²) in [5, 5.41) is 19.1. The molecule has 0 aliphatic heterocycles. The van der Waals surface area contributed by atoms with E-state index in [1.165, 1.54) is 12.8 Å². The Morgan fingerprint density at radius 1 is 1.14 bits per heavy atom. The van der Waals surface area contributed by atoms with Crippen LogP contribution in [0, 0.1) is 5.41 Å². The van der Waals surface area contributed by atoms with Crippen molar-refractivity contribution in [3.8, 4) is 5.75 Å². The Balaban J connectivity index is 2.42. The van der Waals surface area contributed by atoms with E-state index < -0.39 is 7.12 Å². The highest BCUT2D eigenvalue weighted by Crippen LogP contribution is 2.14. The van der Waals surface area contributed by atoms with Crippen molar-refractivity contribution in [1.82, 2.24) is 0 Å². The monoisotopic (exact) mass is 294 g/mol. The van der Waals surface area contributed by atoms with E-state index in [1.54, 1.807) is 12.1 Å². The van der Waals surface area contributed by atoms with Crippen LogP contribution in [0.15, 0.2) is 24.3 Å². The number of aliphatic hydroxyl groups is 1. The lowest BCUT2D eigenvalue weighted by molar-refractivity contribution is 0.0886. The maximum absolute atomic E-state index is 9.97. The van der Waals surface area contributed by atoms with Gasteiger partial charge in [0.15, 0.2) is 0 Å². The summed E-state index contributed by atoms with van der Waals surface area (Å²) in [7, 11) is -0.982. The van der Waals surface area contributed by atoms with Crippen molar-refractivity contribution in [2.24, 2.45) is 5.41 Å². The first-order chi connectivity index (χ1) is 9.98. The van der Waals surface area contributed by atoms with Gasteiger partial charge in [0.25, 0.3) is 0 Å². The lowest BCUT2D eigenvalue weighted by atomic mass is 9.79. The first kappa shape index (κ1) is 18.0. The van der Waals surface area contributed by atoms with E-state index in [4.69, 9.17) is 14.5 Å². The number of benzene rings is 1. The fourth-order valence-electron chi connectivity index (χ4n) is 1.72. The summed E-state index contributed by atoms with van der Waals surface area (Å²) in [6.45, 7) is 6.95. The molecule has 1 rings (SSSR count). The van der Waals surface area contributed by atoms with Crippen LogP contribution in [0.3, 0.4) is 0 Å². The van der Waals surface area contributed by atoms with Crippen LogP contribution in [-0.4, -0.2) is 37.1 Å². The third kappa shape index (κ3) is 6.98. The second kappa shape index (κ2) is 9.08. The SMILES string of the molecule is CCCCCOc1ccc(B(O)OCC(C)(C)CO)cc1. The Bertz CT molecular complexity index is 392. The maximum Gasteiger partial charge on any atom is 0.491 e. The van der Waals surface area contributed by atoms with Gasteiger partial charge in [-0.2, -0.15) is 0 Å². The molecule has 1 aromatic carbocycles. The standard InChI is InChI=1S/C16H27BO4/c1-4-5-6-11-20-15-9-7-14(8-10-15)17(19)21-13-16(2,3)12-18/h7-10,18-19H,4-6,11-13H2,1-3H3. The van der Waals surface area contributed by atoms with Gasteiger partial charge in [-0.1, -0.05) is 45.7 Å². The molecule has 0 saturated carbocycles. The Labute approximate surface area is 128 Å². The van der Waals surface area contributed by atoms with Crippen molar-refractivity contribution >= 4 is 12.6 Å². The van der Waals surface area contributed by atoms with Crippen molar-refractivity contribution in [1.29, 1.82) is 0 Å². The van der Waals surface area contributed by atoms with Crippen LogP contribution in [0.25, 0.3) is 0 Å². The third-order valence-electron chi connectivity index (χ3n) is 3.24. The fraction of sp³-hybridized carbons (Fsp3) is 0.625. The maximum atomic E-state index is 9.97. The van der Waals surface area contributed by atoms with E-state index in [2.05, 4.69) is 6.92 Å². The second-order valence-electron chi connectivity index (χ2n) is 6.11. The number of hydrogen-bond donors (Lipinski definition) is 2. The van der Waals surface area contributed by atoms with E-state index in [9.17, 15) is 5.02 Å². The molecule has 0 spiro atoms. The molecule has 5 heteroatoms. The number of rotatable bonds is 10. The zero-order chi connectivity index (χ0) is 15.7. The molecule has 0 aliphatic rings. The molecular formula is C16H27BO4. The topological polar surface area (TPSA) is 58.9 Å². The van der Waals surface area contributed by atoms with E-state index in [1.807, 2.05) is 26.0 Å². The molecule has 0 bridgehead atoms. The van der Waals surface area contributed by atoms with Gasteiger partial charge in [0.05, 0.1) is 13.2 Å². The molecule has 0 aliphatic carbocycles. The molecule has 0 aromatic heterocycles. The zero-order valence-electron chi connectivity index (χ0n) is 13.3. The number of aliphatic hydroxyl groups excluding tert-OH is 1. The molecule has 4 nitrogen and oxygen atoms in total. The Kier molecular flexibility index (Phi) is 7.79. The summed E-state index contributed by atoms with van der Waals surface area (Å²) in [5.74, 6) is 0.803. The highest BCUT2D eigenvalue weighted by atomic mass is 16.5. The summed E-state index contributed by atoms with van der Waals surface area (Å²) in [5.41, 5.74) is 0.327. The lowest BCUT2D eigenvalue weighted by Gasteiger charge is -2.22. The Hall–Kier alpha value is -1.04. The fourth-order valence-corrected chi connectivity index (χ4v) is 1.72. The number of ether oxygens (including phenoxy) is 1. The van der Waals surface area contributed by atoms with E-state index in [-0.39, 0.29) is 12.0 Å². The molecule has 0 heterocycles. The summed E-state index contributed by atoms with van der Waals surface area (Å²) < 4.78 is 11.0. The Morgan fingerprint density at radius 2 is 1.81 bits per heavy atom. The minimum Gasteiger partial charge on any atom is -0.494 e. The molecule has 0 unspecified atom stereocenters. The van der Waals surface area contributed by atoms with Crippen molar-refractivity contribution in [2.75, 3.05) is 19.8 Å². The van der Waals surface area contributed by atoms with Gasteiger partial charge < -0.3 is 19.5 Å². The summed E-state index contributed by atoms with van der Waals surface area (Å²) in [6, 6.07) is 7.27. The molecule has 0 fully saturated rings. The lowest BCUT2D eigenvalue weighted by Crippen LogP contribution is -2.37. The minimum absolute atomic E-state index is 0.0181.